The largest absolute Gasteiger partial charge is 0.370 e. The smallest absolute Gasteiger partial charge is 0.254 e. The zero-order valence-corrected chi connectivity index (χ0v) is 19.9. The summed E-state index contributed by atoms with van der Waals surface area (Å²) in [6, 6.07) is 14.3. The summed E-state index contributed by atoms with van der Waals surface area (Å²) in [4.78, 5) is 30.9. The number of benzene rings is 2. The van der Waals surface area contributed by atoms with Crippen molar-refractivity contribution < 1.29 is 23.1 Å². The average molecular weight is 492 g/mol. The maximum Gasteiger partial charge on any atom is 0.254 e. The zero-order chi connectivity index (χ0) is 25.3. The third-order valence-corrected chi connectivity index (χ3v) is 7.27. The number of pyridine rings is 1. The molecule has 1 fully saturated rings. The van der Waals surface area contributed by atoms with Crippen molar-refractivity contribution in [2.45, 2.75) is 43.9 Å². The highest BCUT2D eigenvalue weighted by Crippen LogP contribution is 2.52. The van der Waals surface area contributed by atoms with Crippen molar-refractivity contribution in [2.24, 2.45) is 0 Å². The van der Waals surface area contributed by atoms with E-state index in [1.165, 1.54) is 6.92 Å². The summed E-state index contributed by atoms with van der Waals surface area (Å²) in [5, 5.41) is 3.09. The fraction of sp³-hybridized carbons (Fsp3) is 0.321. The highest BCUT2D eigenvalue weighted by molar-refractivity contribution is 5.94. The topological polar surface area (TPSA) is 71.5 Å². The summed E-state index contributed by atoms with van der Waals surface area (Å²) in [5.41, 5.74) is 2.66. The van der Waals surface area contributed by atoms with Gasteiger partial charge in [-0.25, -0.2) is 8.78 Å². The normalized spacial score (nSPS) is 20.2. The highest BCUT2D eigenvalue weighted by Gasteiger charge is 2.54. The minimum atomic E-state index is -0.778. The molecule has 1 spiro atoms. The number of fused-ring (bicyclic) bond motifs is 2. The van der Waals surface area contributed by atoms with Crippen LogP contribution >= 0.6 is 0 Å². The molecule has 1 aliphatic heterocycles. The molecule has 6 nitrogen and oxygen atoms in total. The van der Waals surface area contributed by atoms with Crippen LogP contribution in [0, 0.1) is 11.6 Å². The summed E-state index contributed by atoms with van der Waals surface area (Å²) in [6.45, 7) is 2.64. The highest BCUT2D eigenvalue weighted by atomic mass is 19.1. The first-order valence-electron chi connectivity index (χ1n) is 12.0. The second-order valence-electron chi connectivity index (χ2n) is 9.46. The number of rotatable bonds is 5. The molecule has 0 saturated carbocycles. The van der Waals surface area contributed by atoms with Crippen LogP contribution in [0.5, 0.6) is 0 Å². The van der Waals surface area contributed by atoms with Gasteiger partial charge in [-0.1, -0.05) is 24.3 Å². The monoisotopic (exact) mass is 491 g/mol. The number of ether oxygens (including phenoxy) is 1. The molecule has 0 unspecified atom stereocenters. The number of carbonyl (C=O) groups is 2. The molecule has 2 heterocycles. The predicted octanol–water partition coefficient (Wildman–Crippen LogP) is 4.31. The summed E-state index contributed by atoms with van der Waals surface area (Å²) >= 11 is 0. The lowest BCUT2D eigenvalue weighted by Crippen LogP contribution is -2.51. The molecule has 1 aromatic heterocycles. The number of amides is 2. The quantitative estimate of drug-likeness (QED) is 0.578. The van der Waals surface area contributed by atoms with E-state index in [1.54, 1.807) is 17.3 Å². The van der Waals surface area contributed by atoms with Gasteiger partial charge in [-0.3, -0.25) is 14.6 Å². The van der Waals surface area contributed by atoms with Gasteiger partial charge in [-0.2, -0.15) is 0 Å². The van der Waals surface area contributed by atoms with E-state index in [2.05, 4.69) is 16.4 Å². The molecule has 8 heteroatoms. The van der Waals surface area contributed by atoms with Gasteiger partial charge in [0.05, 0.1) is 18.8 Å². The van der Waals surface area contributed by atoms with Gasteiger partial charge in [0, 0.05) is 49.5 Å². The van der Waals surface area contributed by atoms with E-state index < -0.39 is 23.0 Å². The van der Waals surface area contributed by atoms with Gasteiger partial charge in [-0.15, -0.1) is 0 Å². The molecule has 5 rings (SSSR count). The standard InChI is InChI=1S/C28H27F2N3O3/c1-18(34)32-25-23-4-2-3-5-24(23)28(26(25)36-17-19-6-10-31-11-7-19)8-12-33(13-9-28)27(35)20-14-21(29)16-22(30)15-20/h2-7,10-11,14-16,25-26H,8-9,12-13,17H2,1H3,(H,32,34)/t25-,26+/m0/s1. The van der Waals surface area contributed by atoms with Crippen LogP contribution < -0.4 is 5.32 Å². The minimum Gasteiger partial charge on any atom is -0.370 e. The zero-order valence-electron chi connectivity index (χ0n) is 19.9. The average Bonchev–Trinajstić information content (AvgIpc) is 3.11. The number of piperidine rings is 1. The van der Waals surface area contributed by atoms with Gasteiger partial charge in [0.1, 0.15) is 11.6 Å². The van der Waals surface area contributed by atoms with Crippen molar-refractivity contribution in [1.82, 2.24) is 15.2 Å². The van der Waals surface area contributed by atoms with Crippen LogP contribution in [0.4, 0.5) is 8.78 Å². The molecule has 0 bridgehead atoms. The Kier molecular flexibility index (Phi) is 6.53. The Balaban J connectivity index is 1.44. The second-order valence-corrected chi connectivity index (χ2v) is 9.46. The van der Waals surface area contributed by atoms with Gasteiger partial charge >= 0.3 is 0 Å². The molecular weight excluding hydrogens is 464 g/mol. The van der Waals surface area contributed by atoms with Crippen molar-refractivity contribution in [2.75, 3.05) is 13.1 Å². The lowest BCUT2D eigenvalue weighted by molar-refractivity contribution is -0.122. The first-order valence-corrected chi connectivity index (χ1v) is 12.0. The van der Waals surface area contributed by atoms with Crippen LogP contribution in [-0.4, -0.2) is 40.9 Å². The van der Waals surface area contributed by atoms with Crippen LogP contribution in [0.3, 0.4) is 0 Å². The van der Waals surface area contributed by atoms with Gasteiger partial charge in [0.25, 0.3) is 5.91 Å². The number of halogens is 2. The molecule has 3 aromatic rings. The molecule has 186 valence electrons. The summed E-state index contributed by atoms with van der Waals surface area (Å²) in [6.07, 6.45) is 4.25. The molecule has 1 N–H and O–H groups in total. The van der Waals surface area contributed by atoms with Crippen LogP contribution in [0.25, 0.3) is 0 Å². The second kappa shape index (κ2) is 9.78. The summed E-state index contributed by atoms with van der Waals surface area (Å²) < 4.78 is 34.0. The Morgan fingerprint density at radius 1 is 1.06 bits per heavy atom. The maximum absolute atomic E-state index is 13.7. The van der Waals surface area contributed by atoms with E-state index in [9.17, 15) is 18.4 Å². The maximum atomic E-state index is 13.7. The van der Waals surface area contributed by atoms with E-state index in [0.29, 0.717) is 32.5 Å². The minimum absolute atomic E-state index is 0.00289. The number of likely N-dealkylation sites (tertiary alicyclic amines) is 1. The number of aromatic nitrogens is 1. The molecule has 2 amide bonds. The molecule has 0 radical (unpaired) electrons. The van der Waals surface area contributed by atoms with Crippen molar-refractivity contribution in [1.29, 1.82) is 0 Å². The van der Waals surface area contributed by atoms with Crippen molar-refractivity contribution in [3.05, 3.63) is 101 Å². The number of nitrogens with one attached hydrogen (secondary N) is 1. The lowest BCUT2D eigenvalue weighted by atomic mass is 9.71. The van der Waals surface area contributed by atoms with Gasteiger partial charge < -0.3 is 15.0 Å². The number of hydrogen-bond donors (Lipinski definition) is 1. The van der Waals surface area contributed by atoms with Crippen LogP contribution in [0.15, 0.2) is 67.0 Å². The predicted molar refractivity (Wildman–Crippen MR) is 129 cm³/mol. The first kappa shape index (κ1) is 24.1. The van der Waals surface area contributed by atoms with Crippen molar-refractivity contribution >= 4 is 11.8 Å². The van der Waals surface area contributed by atoms with Crippen molar-refractivity contribution in [3.8, 4) is 0 Å². The molecule has 1 aliphatic carbocycles. The van der Waals surface area contributed by atoms with Crippen LogP contribution in [0.1, 0.15) is 52.9 Å². The number of nitrogens with zero attached hydrogens (tertiary/aromatic N) is 2. The van der Waals surface area contributed by atoms with Gasteiger partial charge in [0.15, 0.2) is 0 Å². The summed E-state index contributed by atoms with van der Waals surface area (Å²) in [5.74, 6) is -2.11. The van der Waals surface area contributed by atoms with Gasteiger partial charge in [0.2, 0.25) is 5.91 Å². The Hall–Kier alpha value is -3.65. The molecule has 2 atom stereocenters. The van der Waals surface area contributed by atoms with E-state index in [1.807, 2.05) is 30.3 Å². The van der Waals surface area contributed by atoms with E-state index in [4.69, 9.17) is 4.74 Å². The summed E-state index contributed by atoms with van der Waals surface area (Å²) in [7, 11) is 0. The van der Waals surface area contributed by atoms with Crippen LogP contribution in [0.2, 0.25) is 0 Å². The molecule has 36 heavy (non-hydrogen) atoms. The van der Waals surface area contributed by atoms with Crippen LogP contribution in [-0.2, 0) is 21.6 Å². The van der Waals surface area contributed by atoms with E-state index in [0.717, 1.165) is 34.9 Å². The molecular formula is C28H27F2N3O3. The third-order valence-electron chi connectivity index (χ3n) is 7.27. The van der Waals surface area contributed by atoms with Crippen molar-refractivity contribution in [3.63, 3.8) is 0 Å². The Bertz CT molecular complexity index is 1260. The Morgan fingerprint density at radius 2 is 1.72 bits per heavy atom. The Labute approximate surface area is 208 Å². The molecule has 2 aliphatic rings. The fourth-order valence-electron chi connectivity index (χ4n) is 5.67. The first-order chi connectivity index (χ1) is 17.4. The molecule has 2 aromatic carbocycles. The van der Waals surface area contributed by atoms with E-state index in [-0.39, 0.29) is 23.6 Å². The fourth-order valence-corrected chi connectivity index (χ4v) is 5.67. The Morgan fingerprint density at radius 3 is 2.39 bits per heavy atom. The van der Waals surface area contributed by atoms with Gasteiger partial charge in [-0.05, 0) is 53.8 Å². The number of hydrogen-bond acceptors (Lipinski definition) is 4. The van der Waals surface area contributed by atoms with E-state index >= 15 is 0 Å². The SMILES string of the molecule is CC(=O)N[C@H]1c2ccccc2C2(CCN(C(=O)c3cc(F)cc(F)c3)CC2)[C@@H]1OCc1ccncc1. The number of carbonyl (C=O) groups excluding carboxylic acids is 2. The lowest BCUT2D eigenvalue weighted by Gasteiger charge is -2.44. The third kappa shape index (κ3) is 4.48. The molecule has 1 saturated heterocycles.